The van der Waals surface area contributed by atoms with E-state index in [0.717, 1.165) is 22.5 Å². The van der Waals surface area contributed by atoms with Crippen LogP contribution in [0.25, 0.3) is 10.8 Å². The summed E-state index contributed by atoms with van der Waals surface area (Å²) in [6.45, 7) is 5.88. The molecular weight excluding hydrogens is 452 g/mol. The molecule has 3 N–H and O–H groups in total. The number of nitrogens with zero attached hydrogens (tertiary/aromatic N) is 3. The van der Waals surface area contributed by atoms with Crippen molar-refractivity contribution < 1.29 is 19.4 Å². The number of fused-ring (bicyclic) bond motifs is 1. The summed E-state index contributed by atoms with van der Waals surface area (Å²) in [6.07, 6.45) is 2.47. The first-order valence-electron chi connectivity index (χ1n) is 10.9. The van der Waals surface area contributed by atoms with Crippen LogP contribution in [0.5, 0.6) is 5.75 Å². The normalized spacial score (nSPS) is 11.8. The molecule has 9 heteroatoms. The Kier molecular flexibility index (Phi) is 8.61. The molecule has 0 aliphatic heterocycles. The second-order valence-electron chi connectivity index (χ2n) is 7.52. The van der Waals surface area contributed by atoms with Gasteiger partial charge in [0.05, 0.1) is 13.2 Å². The number of aryl methyl sites for hydroxylation is 1. The highest BCUT2D eigenvalue weighted by atomic mass is 32.2. The highest BCUT2D eigenvalue weighted by Gasteiger charge is 2.19. The third-order valence-electron chi connectivity index (χ3n) is 5.28. The fourth-order valence-electron chi connectivity index (χ4n) is 3.52. The van der Waals surface area contributed by atoms with Crippen LogP contribution in [0, 0.1) is 6.92 Å². The van der Waals surface area contributed by atoms with Gasteiger partial charge in [0.15, 0.2) is 0 Å². The zero-order valence-electron chi connectivity index (χ0n) is 19.4. The first-order valence-corrected chi connectivity index (χ1v) is 11.7. The molecule has 8 nitrogen and oxygen atoms in total. The number of hydrogen-bond acceptors (Lipinski definition) is 8. The number of carbonyl (C=O) groups is 2. The number of allylic oxidation sites excluding steroid dienone is 1. The number of hydrogen-bond donors (Lipinski definition) is 2. The van der Waals surface area contributed by atoms with Crippen molar-refractivity contribution >= 4 is 39.9 Å². The molecule has 0 spiro atoms. The van der Waals surface area contributed by atoms with Crippen LogP contribution in [0.2, 0.25) is 0 Å². The molecule has 178 valence electrons. The SMILES string of the molecule is CCOc1ccc(C(=O)S/C(CCO)=C(/C)N(C=O)Cc2cnc(C)nc2N)c2ccccc12. The van der Waals surface area contributed by atoms with Crippen molar-refractivity contribution in [3.63, 3.8) is 0 Å². The van der Waals surface area contributed by atoms with Gasteiger partial charge in [0.2, 0.25) is 11.5 Å². The van der Waals surface area contributed by atoms with Gasteiger partial charge in [-0.1, -0.05) is 24.3 Å². The number of rotatable bonds is 10. The number of aromatic nitrogens is 2. The molecule has 0 aliphatic rings. The Morgan fingerprint density at radius 1 is 1.24 bits per heavy atom. The van der Waals surface area contributed by atoms with Crippen LogP contribution in [0.1, 0.15) is 42.0 Å². The molecule has 0 fully saturated rings. The van der Waals surface area contributed by atoms with Gasteiger partial charge in [-0.25, -0.2) is 9.97 Å². The lowest BCUT2D eigenvalue weighted by Gasteiger charge is -2.22. The Bertz CT molecular complexity index is 1230. The predicted octanol–water partition coefficient (Wildman–Crippen LogP) is 4.07. The van der Waals surface area contributed by atoms with Crippen molar-refractivity contribution in [2.45, 2.75) is 33.7 Å². The van der Waals surface area contributed by atoms with E-state index in [0.29, 0.717) is 52.1 Å². The van der Waals surface area contributed by atoms with Crippen molar-refractivity contribution in [1.29, 1.82) is 0 Å². The molecule has 3 rings (SSSR count). The molecule has 0 saturated carbocycles. The lowest BCUT2D eigenvalue weighted by atomic mass is 10.0. The van der Waals surface area contributed by atoms with E-state index in [1.165, 1.54) is 4.90 Å². The van der Waals surface area contributed by atoms with Crippen molar-refractivity contribution in [3.05, 3.63) is 70.1 Å². The molecule has 2 aromatic carbocycles. The maximum absolute atomic E-state index is 13.3. The van der Waals surface area contributed by atoms with Gasteiger partial charge in [0.25, 0.3) is 0 Å². The summed E-state index contributed by atoms with van der Waals surface area (Å²) in [5.74, 6) is 1.54. The highest BCUT2D eigenvalue weighted by Crippen LogP contribution is 2.34. The topological polar surface area (TPSA) is 119 Å². The van der Waals surface area contributed by atoms with Gasteiger partial charge in [0, 0.05) is 46.3 Å². The highest BCUT2D eigenvalue weighted by molar-refractivity contribution is 8.17. The number of nitrogen functional groups attached to an aromatic ring is 1. The van der Waals surface area contributed by atoms with Gasteiger partial charge >= 0.3 is 0 Å². The quantitative estimate of drug-likeness (QED) is 0.417. The predicted molar refractivity (Wildman–Crippen MR) is 134 cm³/mol. The van der Waals surface area contributed by atoms with Crippen LogP contribution in [-0.4, -0.2) is 44.7 Å². The number of thioether (sulfide) groups is 1. The number of amides is 1. The lowest BCUT2D eigenvalue weighted by Crippen LogP contribution is -2.22. The third kappa shape index (κ3) is 5.73. The van der Waals surface area contributed by atoms with Gasteiger partial charge in [-0.2, -0.15) is 0 Å². The maximum Gasteiger partial charge on any atom is 0.224 e. The van der Waals surface area contributed by atoms with Crippen LogP contribution in [-0.2, 0) is 11.3 Å². The van der Waals surface area contributed by atoms with E-state index >= 15 is 0 Å². The summed E-state index contributed by atoms with van der Waals surface area (Å²) in [5.41, 5.74) is 7.66. The van der Waals surface area contributed by atoms with Crippen molar-refractivity contribution in [3.8, 4) is 5.75 Å². The van der Waals surface area contributed by atoms with E-state index in [4.69, 9.17) is 10.5 Å². The molecule has 0 bridgehead atoms. The number of aliphatic hydroxyl groups is 1. The third-order valence-corrected chi connectivity index (χ3v) is 6.43. The Labute approximate surface area is 202 Å². The van der Waals surface area contributed by atoms with Crippen LogP contribution in [0.15, 0.2) is 53.2 Å². The van der Waals surface area contributed by atoms with E-state index in [-0.39, 0.29) is 24.7 Å². The van der Waals surface area contributed by atoms with Gasteiger partial charge in [-0.15, -0.1) is 0 Å². The molecule has 1 amide bonds. The molecule has 0 radical (unpaired) electrons. The zero-order valence-corrected chi connectivity index (χ0v) is 20.3. The van der Waals surface area contributed by atoms with E-state index in [1.807, 2.05) is 31.2 Å². The summed E-state index contributed by atoms with van der Waals surface area (Å²) in [6, 6.07) is 11.1. The van der Waals surface area contributed by atoms with Crippen LogP contribution < -0.4 is 10.5 Å². The van der Waals surface area contributed by atoms with Crippen LogP contribution >= 0.6 is 11.8 Å². The van der Waals surface area contributed by atoms with Gasteiger partial charge in [-0.05, 0) is 50.1 Å². The summed E-state index contributed by atoms with van der Waals surface area (Å²) in [4.78, 5) is 35.6. The fraction of sp³-hybridized carbons (Fsp3) is 0.280. The van der Waals surface area contributed by atoms with Gasteiger partial charge in [0.1, 0.15) is 17.4 Å². The average Bonchev–Trinajstić information content (AvgIpc) is 2.83. The summed E-state index contributed by atoms with van der Waals surface area (Å²) >= 11 is 1.00. The standard InChI is InChI=1S/C25H28N4O4S/c1-4-33-22-10-9-21(19-7-5-6-8-20(19)22)25(32)34-23(11-12-30)16(2)29(15-31)14-18-13-27-17(3)28-24(18)26/h5-10,13,15,30H,4,11-12,14H2,1-3H3,(H2,26,27,28)/b23-16-. The maximum atomic E-state index is 13.3. The minimum atomic E-state index is -0.189. The monoisotopic (exact) mass is 480 g/mol. The van der Waals surface area contributed by atoms with Crippen LogP contribution in [0.4, 0.5) is 5.82 Å². The van der Waals surface area contributed by atoms with Crippen molar-refractivity contribution in [1.82, 2.24) is 14.9 Å². The lowest BCUT2D eigenvalue weighted by molar-refractivity contribution is -0.116. The van der Waals surface area contributed by atoms with Crippen molar-refractivity contribution in [2.75, 3.05) is 18.9 Å². The number of anilines is 1. The van der Waals surface area contributed by atoms with E-state index < -0.39 is 0 Å². The molecule has 34 heavy (non-hydrogen) atoms. The Morgan fingerprint density at radius 2 is 1.97 bits per heavy atom. The minimum absolute atomic E-state index is 0.150. The minimum Gasteiger partial charge on any atom is -0.493 e. The second kappa shape index (κ2) is 11.6. The van der Waals surface area contributed by atoms with Crippen LogP contribution in [0.3, 0.4) is 0 Å². The molecule has 1 aromatic heterocycles. The number of nitrogens with two attached hydrogens (primary N) is 1. The first kappa shape index (κ1) is 25.2. The molecule has 0 unspecified atom stereocenters. The molecule has 1 heterocycles. The smallest absolute Gasteiger partial charge is 0.224 e. The van der Waals surface area contributed by atoms with Gasteiger partial charge < -0.3 is 20.5 Å². The molecule has 0 saturated heterocycles. The van der Waals surface area contributed by atoms with E-state index in [9.17, 15) is 14.7 Å². The number of aliphatic hydroxyl groups excluding tert-OH is 1. The number of ether oxygens (including phenoxy) is 1. The fourth-order valence-corrected chi connectivity index (χ4v) is 4.49. The van der Waals surface area contributed by atoms with Gasteiger partial charge in [-0.3, -0.25) is 9.59 Å². The van der Waals surface area contributed by atoms with E-state index in [2.05, 4.69) is 9.97 Å². The molecule has 0 atom stereocenters. The number of benzene rings is 2. The largest absolute Gasteiger partial charge is 0.493 e. The summed E-state index contributed by atoms with van der Waals surface area (Å²) in [7, 11) is 0. The summed E-state index contributed by atoms with van der Waals surface area (Å²) in [5, 5.41) is 11.1. The zero-order chi connectivity index (χ0) is 24.7. The molecule has 3 aromatic rings. The Hall–Kier alpha value is -3.43. The van der Waals surface area contributed by atoms with E-state index in [1.54, 1.807) is 32.2 Å². The second-order valence-corrected chi connectivity index (χ2v) is 8.59. The summed E-state index contributed by atoms with van der Waals surface area (Å²) < 4.78 is 5.70. The van der Waals surface area contributed by atoms with Crippen molar-refractivity contribution in [2.24, 2.45) is 0 Å². The number of carbonyl (C=O) groups excluding carboxylic acids is 2. The average molecular weight is 481 g/mol. The molecular formula is C25H28N4O4S. The molecule has 0 aliphatic carbocycles. The Balaban J connectivity index is 1.93. The first-order chi connectivity index (χ1) is 16.4. The Morgan fingerprint density at radius 3 is 2.62 bits per heavy atom.